The SMILES string of the molecule is C[C@H](NC(=O)OC(C)(C)C)[C@@H]1CN(C(=O)C2=NN(c3ccccc3)[C@H](C(N)=O)C2)CCO1. The molecule has 0 radical (unpaired) electrons. The maximum Gasteiger partial charge on any atom is 0.407 e. The van der Waals surface area contributed by atoms with Crippen LogP contribution in [-0.4, -0.2) is 72.0 Å². The predicted molar refractivity (Wildman–Crippen MR) is 119 cm³/mol. The number of primary amides is 1. The molecule has 1 aromatic carbocycles. The van der Waals surface area contributed by atoms with Gasteiger partial charge in [0.25, 0.3) is 5.91 Å². The zero-order chi connectivity index (χ0) is 23.5. The molecule has 2 aliphatic rings. The van der Waals surface area contributed by atoms with Crippen LogP contribution in [0.1, 0.15) is 34.1 Å². The van der Waals surface area contributed by atoms with Crippen molar-refractivity contribution in [1.29, 1.82) is 0 Å². The van der Waals surface area contributed by atoms with Crippen LogP contribution < -0.4 is 16.1 Å². The first-order chi connectivity index (χ1) is 15.0. The smallest absolute Gasteiger partial charge is 0.407 e. The number of nitrogens with one attached hydrogen (secondary N) is 1. The Hall–Kier alpha value is -3.14. The number of nitrogens with two attached hydrogens (primary N) is 1. The number of carbonyl (C=O) groups excluding carboxylic acids is 3. The number of benzene rings is 1. The van der Waals surface area contributed by atoms with Crippen molar-refractivity contribution < 1.29 is 23.9 Å². The fraction of sp³-hybridized carbons (Fsp3) is 0.545. The van der Waals surface area contributed by atoms with Gasteiger partial charge in [-0.05, 0) is 39.8 Å². The van der Waals surface area contributed by atoms with Crippen LogP contribution in [0.15, 0.2) is 35.4 Å². The number of hydrogen-bond donors (Lipinski definition) is 2. The highest BCUT2D eigenvalue weighted by molar-refractivity contribution is 6.40. The third-order valence-corrected chi connectivity index (χ3v) is 5.19. The topological polar surface area (TPSA) is 127 Å². The zero-order valence-electron chi connectivity index (χ0n) is 18.9. The first-order valence-corrected chi connectivity index (χ1v) is 10.7. The van der Waals surface area contributed by atoms with Gasteiger partial charge in [-0.15, -0.1) is 0 Å². The van der Waals surface area contributed by atoms with Crippen LogP contribution in [0.3, 0.4) is 0 Å². The highest BCUT2D eigenvalue weighted by Gasteiger charge is 2.38. The van der Waals surface area contributed by atoms with E-state index >= 15 is 0 Å². The van der Waals surface area contributed by atoms with Crippen molar-refractivity contribution in [2.75, 3.05) is 24.7 Å². The fourth-order valence-electron chi connectivity index (χ4n) is 3.61. The molecule has 2 heterocycles. The van der Waals surface area contributed by atoms with Gasteiger partial charge in [-0.1, -0.05) is 18.2 Å². The molecule has 3 rings (SSSR count). The summed E-state index contributed by atoms with van der Waals surface area (Å²) in [6.07, 6.45) is -0.809. The minimum absolute atomic E-state index is 0.136. The molecule has 0 spiro atoms. The van der Waals surface area contributed by atoms with Gasteiger partial charge in [0.2, 0.25) is 5.91 Å². The van der Waals surface area contributed by atoms with Crippen LogP contribution >= 0.6 is 0 Å². The molecule has 32 heavy (non-hydrogen) atoms. The second-order valence-corrected chi connectivity index (χ2v) is 8.94. The molecule has 2 aliphatic heterocycles. The molecule has 0 bridgehead atoms. The highest BCUT2D eigenvalue weighted by Crippen LogP contribution is 2.25. The lowest BCUT2D eigenvalue weighted by atomic mass is 10.1. The van der Waals surface area contributed by atoms with Crippen LogP contribution in [-0.2, 0) is 19.1 Å². The number of alkyl carbamates (subject to hydrolysis) is 1. The van der Waals surface area contributed by atoms with Gasteiger partial charge in [0.1, 0.15) is 17.4 Å². The second-order valence-electron chi connectivity index (χ2n) is 8.94. The van der Waals surface area contributed by atoms with E-state index in [0.717, 1.165) is 0 Å². The maximum absolute atomic E-state index is 13.2. The molecule has 0 saturated carbocycles. The summed E-state index contributed by atoms with van der Waals surface area (Å²) in [6.45, 7) is 8.16. The van der Waals surface area contributed by atoms with E-state index < -0.39 is 29.7 Å². The van der Waals surface area contributed by atoms with Crippen molar-refractivity contribution >= 4 is 29.3 Å². The summed E-state index contributed by atoms with van der Waals surface area (Å²) in [5, 5.41) is 8.68. The molecule has 3 N–H and O–H groups in total. The van der Waals surface area contributed by atoms with Gasteiger partial charge in [0.15, 0.2) is 0 Å². The summed E-state index contributed by atoms with van der Waals surface area (Å²) >= 11 is 0. The van der Waals surface area contributed by atoms with Gasteiger partial charge in [-0.3, -0.25) is 14.6 Å². The van der Waals surface area contributed by atoms with Gasteiger partial charge in [-0.2, -0.15) is 5.10 Å². The normalized spacial score (nSPS) is 22.2. The van der Waals surface area contributed by atoms with Gasteiger partial charge in [0, 0.05) is 19.5 Å². The van der Waals surface area contributed by atoms with Gasteiger partial charge < -0.3 is 25.4 Å². The number of rotatable bonds is 5. The van der Waals surface area contributed by atoms with E-state index in [1.807, 2.05) is 30.3 Å². The molecule has 1 aromatic rings. The molecule has 10 nitrogen and oxygen atoms in total. The molecule has 0 aliphatic carbocycles. The third kappa shape index (κ3) is 5.76. The molecule has 1 fully saturated rings. The maximum atomic E-state index is 13.2. The van der Waals surface area contributed by atoms with E-state index in [-0.39, 0.29) is 30.6 Å². The number of hydrogen-bond acceptors (Lipinski definition) is 7. The largest absolute Gasteiger partial charge is 0.444 e. The summed E-state index contributed by atoms with van der Waals surface area (Å²) < 4.78 is 11.1. The summed E-state index contributed by atoms with van der Waals surface area (Å²) in [6, 6.07) is 8.03. The van der Waals surface area contributed by atoms with Crippen molar-refractivity contribution in [3.8, 4) is 0 Å². The molecular formula is C22H31N5O5. The van der Waals surface area contributed by atoms with Crippen LogP contribution in [0.5, 0.6) is 0 Å². The lowest BCUT2D eigenvalue weighted by Gasteiger charge is -2.36. The molecular weight excluding hydrogens is 414 g/mol. The Balaban J connectivity index is 1.67. The first-order valence-electron chi connectivity index (χ1n) is 10.7. The summed E-state index contributed by atoms with van der Waals surface area (Å²) in [5.41, 5.74) is 5.92. The number of morpholine rings is 1. The Labute approximate surface area is 187 Å². The molecule has 1 saturated heterocycles. The van der Waals surface area contributed by atoms with Crippen molar-refractivity contribution in [2.24, 2.45) is 10.8 Å². The first kappa shape index (κ1) is 23.5. The lowest BCUT2D eigenvalue weighted by molar-refractivity contribution is -0.132. The standard InChI is InChI=1S/C22H31N5O5/c1-14(24-21(30)32-22(2,3)4)18-13-26(10-11-31-18)20(29)16-12-17(19(23)28)27(25-16)15-8-6-5-7-9-15/h5-9,14,17-18H,10-13H2,1-4H3,(H2,23,28)(H,24,30)/t14-,17-,18-/m0/s1. The summed E-state index contributed by atoms with van der Waals surface area (Å²) in [5.74, 6) is -0.817. The van der Waals surface area contributed by atoms with E-state index in [4.69, 9.17) is 15.2 Å². The van der Waals surface area contributed by atoms with Crippen molar-refractivity contribution in [3.63, 3.8) is 0 Å². The number of ether oxygens (including phenoxy) is 2. The minimum atomic E-state index is -0.721. The molecule has 10 heteroatoms. The number of nitrogens with zero attached hydrogens (tertiary/aromatic N) is 3. The number of carbonyl (C=O) groups is 3. The van der Waals surface area contributed by atoms with Crippen LogP contribution in [0.4, 0.5) is 10.5 Å². The van der Waals surface area contributed by atoms with Crippen molar-refractivity contribution in [1.82, 2.24) is 10.2 Å². The van der Waals surface area contributed by atoms with Crippen LogP contribution in [0.2, 0.25) is 0 Å². The lowest BCUT2D eigenvalue weighted by Crippen LogP contribution is -2.55. The number of para-hydroxylation sites is 1. The summed E-state index contributed by atoms with van der Waals surface area (Å²) in [4.78, 5) is 38.9. The van der Waals surface area contributed by atoms with Gasteiger partial charge in [0.05, 0.1) is 24.4 Å². The minimum Gasteiger partial charge on any atom is -0.444 e. The van der Waals surface area contributed by atoms with E-state index in [1.165, 1.54) is 5.01 Å². The Morgan fingerprint density at radius 1 is 1.25 bits per heavy atom. The average Bonchev–Trinajstić information content (AvgIpc) is 3.18. The second kappa shape index (κ2) is 9.56. The number of anilines is 1. The van der Waals surface area contributed by atoms with E-state index in [1.54, 1.807) is 32.6 Å². The predicted octanol–water partition coefficient (Wildman–Crippen LogP) is 1.25. The monoisotopic (exact) mass is 445 g/mol. The van der Waals surface area contributed by atoms with E-state index in [9.17, 15) is 14.4 Å². The van der Waals surface area contributed by atoms with E-state index in [0.29, 0.717) is 18.8 Å². The zero-order valence-corrected chi connectivity index (χ0v) is 18.9. The van der Waals surface area contributed by atoms with Crippen molar-refractivity contribution in [3.05, 3.63) is 30.3 Å². The molecule has 3 amide bonds. The number of hydrazone groups is 1. The highest BCUT2D eigenvalue weighted by atomic mass is 16.6. The Bertz CT molecular complexity index is 882. The van der Waals surface area contributed by atoms with Crippen LogP contribution in [0, 0.1) is 0 Å². The molecule has 3 atom stereocenters. The Morgan fingerprint density at radius 2 is 1.94 bits per heavy atom. The molecule has 0 aromatic heterocycles. The Kier molecular flexibility index (Phi) is 7.02. The number of amides is 3. The fourth-order valence-corrected chi connectivity index (χ4v) is 3.61. The van der Waals surface area contributed by atoms with Gasteiger partial charge >= 0.3 is 6.09 Å². The Morgan fingerprint density at radius 3 is 2.56 bits per heavy atom. The molecule has 174 valence electrons. The van der Waals surface area contributed by atoms with Crippen LogP contribution in [0.25, 0.3) is 0 Å². The van der Waals surface area contributed by atoms with Crippen molar-refractivity contribution in [2.45, 2.75) is 57.9 Å². The summed E-state index contributed by atoms with van der Waals surface area (Å²) in [7, 11) is 0. The van der Waals surface area contributed by atoms with E-state index in [2.05, 4.69) is 10.4 Å². The molecule has 0 unspecified atom stereocenters. The third-order valence-electron chi connectivity index (χ3n) is 5.19. The van der Waals surface area contributed by atoms with Gasteiger partial charge in [-0.25, -0.2) is 4.79 Å². The average molecular weight is 446 g/mol. The quantitative estimate of drug-likeness (QED) is 0.702.